The number of anilines is 1. The number of carbonyl (C=O) groups excluding carboxylic acids is 2. The molecule has 106 valence electrons. The van der Waals surface area contributed by atoms with Crippen molar-refractivity contribution in [2.45, 2.75) is 12.5 Å². The average Bonchev–Trinajstić information content (AvgIpc) is 2.76. The van der Waals surface area contributed by atoms with Crippen molar-refractivity contribution in [3.63, 3.8) is 0 Å². The molecule has 0 N–H and O–H groups in total. The zero-order valence-electron chi connectivity index (χ0n) is 10.9. The van der Waals surface area contributed by atoms with E-state index in [0.717, 1.165) is 28.2 Å². The highest BCUT2D eigenvalue weighted by molar-refractivity contribution is 14.1. The number of carbonyl (C=O) groups is 2. The molecule has 1 aromatic carbocycles. The first kappa shape index (κ1) is 14.3. The van der Waals surface area contributed by atoms with Crippen LogP contribution < -0.4 is 4.90 Å². The molecule has 2 heterocycles. The molecule has 0 spiro atoms. The Kier molecular flexibility index (Phi) is 4.32. The molecule has 3 rings (SSSR count). The van der Waals surface area contributed by atoms with Crippen molar-refractivity contribution >= 4 is 51.9 Å². The summed E-state index contributed by atoms with van der Waals surface area (Å²) in [7, 11) is 0. The Hall–Kier alpha value is -0.600. The Bertz CT molecular complexity index is 528. The van der Waals surface area contributed by atoms with Gasteiger partial charge in [-0.25, -0.2) is 4.90 Å². The van der Waals surface area contributed by atoms with E-state index in [0.29, 0.717) is 12.1 Å². The van der Waals surface area contributed by atoms with E-state index in [2.05, 4.69) is 27.5 Å². The molecule has 6 heteroatoms. The molecule has 2 aliphatic rings. The van der Waals surface area contributed by atoms with Crippen LogP contribution in [0.1, 0.15) is 6.42 Å². The van der Waals surface area contributed by atoms with Gasteiger partial charge in [0, 0.05) is 28.2 Å². The fourth-order valence-corrected chi connectivity index (χ4v) is 3.94. The van der Waals surface area contributed by atoms with Gasteiger partial charge in [0.1, 0.15) is 0 Å². The van der Waals surface area contributed by atoms with Crippen LogP contribution >= 0.6 is 34.4 Å². The third-order valence-corrected chi connectivity index (χ3v) is 5.36. The summed E-state index contributed by atoms with van der Waals surface area (Å²) in [4.78, 5) is 28.3. The second kappa shape index (κ2) is 6.03. The lowest BCUT2D eigenvalue weighted by atomic mass is 10.2. The molecule has 20 heavy (non-hydrogen) atoms. The van der Waals surface area contributed by atoms with Gasteiger partial charge < -0.3 is 0 Å². The minimum absolute atomic E-state index is 0.0666. The van der Waals surface area contributed by atoms with Crippen molar-refractivity contribution in [1.29, 1.82) is 0 Å². The number of halogens is 1. The smallest absolute Gasteiger partial charge is 0.251 e. The number of imide groups is 1. The van der Waals surface area contributed by atoms with Crippen molar-refractivity contribution in [3.05, 3.63) is 27.8 Å². The summed E-state index contributed by atoms with van der Waals surface area (Å²) < 4.78 is 1.09. The molecule has 0 aromatic heterocycles. The summed E-state index contributed by atoms with van der Waals surface area (Å²) in [6.45, 7) is 1.80. The van der Waals surface area contributed by atoms with E-state index in [9.17, 15) is 9.59 Å². The van der Waals surface area contributed by atoms with Crippen LogP contribution in [0.25, 0.3) is 0 Å². The molecule has 0 bridgehead atoms. The first-order valence-corrected chi connectivity index (χ1v) is 8.84. The number of rotatable bonds is 2. The van der Waals surface area contributed by atoms with E-state index in [4.69, 9.17) is 0 Å². The predicted octanol–water partition coefficient (Wildman–Crippen LogP) is 1.97. The maximum atomic E-state index is 12.6. The number of hydrogen-bond acceptors (Lipinski definition) is 4. The standard InChI is InChI=1S/C14H15IN2O2S/c15-10-1-3-11(4-2-10)17-13(18)9-12(14(17)19)16-5-7-20-8-6-16/h1-4,12H,5-9H2/t12-/m0/s1. The molecule has 0 unspecified atom stereocenters. The van der Waals surface area contributed by atoms with Gasteiger partial charge in [0.25, 0.3) is 5.91 Å². The Labute approximate surface area is 136 Å². The third kappa shape index (κ3) is 2.73. The Morgan fingerprint density at radius 3 is 2.40 bits per heavy atom. The van der Waals surface area contributed by atoms with Crippen molar-refractivity contribution in [2.75, 3.05) is 29.5 Å². The molecule has 0 saturated carbocycles. The Morgan fingerprint density at radius 1 is 1.10 bits per heavy atom. The van der Waals surface area contributed by atoms with E-state index in [-0.39, 0.29) is 17.9 Å². The fourth-order valence-electron chi connectivity index (χ4n) is 2.65. The lowest BCUT2D eigenvalue weighted by Crippen LogP contribution is -2.45. The lowest BCUT2D eigenvalue weighted by molar-refractivity contribution is -0.122. The molecule has 1 atom stereocenters. The van der Waals surface area contributed by atoms with Gasteiger partial charge in [-0.2, -0.15) is 11.8 Å². The van der Waals surface area contributed by atoms with Crippen molar-refractivity contribution in [1.82, 2.24) is 4.90 Å². The molecule has 0 aliphatic carbocycles. The average molecular weight is 402 g/mol. The van der Waals surface area contributed by atoms with Gasteiger partial charge in [-0.15, -0.1) is 0 Å². The van der Waals surface area contributed by atoms with Crippen molar-refractivity contribution in [3.8, 4) is 0 Å². The molecule has 2 fully saturated rings. The topological polar surface area (TPSA) is 40.6 Å². The van der Waals surface area contributed by atoms with Crippen molar-refractivity contribution in [2.24, 2.45) is 0 Å². The normalized spacial score (nSPS) is 24.4. The molecular formula is C14H15IN2O2S. The summed E-state index contributed by atoms with van der Waals surface area (Å²) in [6.07, 6.45) is 0.315. The van der Waals surface area contributed by atoms with Gasteiger partial charge in [0.15, 0.2) is 0 Å². The SMILES string of the molecule is O=C1C[C@H](N2CCSCC2)C(=O)N1c1ccc(I)cc1. The number of amides is 2. The minimum atomic E-state index is -0.261. The summed E-state index contributed by atoms with van der Waals surface area (Å²) in [5.74, 6) is 1.94. The van der Waals surface area contributed by atoms with E-state index in [1.54, 1.807) is 0 Å². The van der Waals surface area contributed by atoms with Crippen molar-refractivity contribution < 1.29 is 9.59 Å². The number of benzene rings is 1. The first-order chi connectivity index (χ1) is 9.66. The summed E-state index contributed by atoms with van der Waals surface area (Å²) in [5, 5.41) is 0. The van der Waals surface area contributed by atoms with Crippen LogP contribution in [0.5, 0.6) is 0 Å². The third-order valence-electron chi connectivity index (χ3n) is 3.69. The second-order valence-corrected chi connectivity index (χ2v) is 7.38. The Morgan fingerprint density at radius 2 is 1.75 bits per heavy atom. The first-order valence-electron chi connectivity index (χ1n) is 6.61. The summed E-state index contributed by atoms with van der Waals surface area (Å²) >= 11 is 4.12. The van der Waals surface area contributed by atoms with Gasteiger partial charge in [-0.1, -0.05) is 0 Å². The van der Waals surface area contributed by atoms with Crippen LogP contribution in [0.4, 0.5) is 5.69 Å². The molecule has 2 aliphatic heterocycles. The molecular weight excluding hydrogens is 387 g/mol. The second-order valence-electron chi connectivity index (χ2n) is 4.91. The maximum absolute atomic E-state index is 12.6. The monoisotopic (exact) mass is 402 g/mol. The highest BCUT2D eigenvalue weighted by atomic mass is 127. The van der Waals surface area contributed by atoms with E-state index >= 15 is 0 Å². The number of thioether (sulfide) groups is 1. The van der Waals surface area contributed by atoms with Gasteiger partial charge in [-0.3, -0.25) is 14.5 Å². The molecule has 1 aromatic rings. The number of nitrogens with zero attached hydrogens (tertiary/aromatic N) is 2. The highest BCUT2D eigenvalue weighted by Gasteiger charge is 2.42. The van der Waals surface area contributed by atoms with Gasteiger partial charge in [-0.05, 0) is 46.9 Å². The van der Waals surface area contributed by atoms with E-state index < -0.39 is 0 Å². The zero-order chi connectivity index (χ0) is 14.1. The lowest BCUT2D eigenvalue weighted by Gasteiger charge is -2.30. The van der Waals surface area contributed by atoms with Crippen LogP contribution in [0.15, 0.2) is 24.3 Å². The predicted molar refractivity (Wildman–Crippen MR) is 89.0 cm³/mol. The largest absolute Gasteiger partial charge is 0.290 e. The van der Waals surface area contributed by atoms with Crippen LogP contribution in [-0.4, -0.2) is 47.4 Å². The minimum Gasteiger partial charge on any atom is -0.290 e. The summed E-state index contributed by atoms with van der Waals surface area (Å²) in [5.41, 5.74) is 0.689. The highest BCUT2D eigenvalue weighted by Crippen LogP contribution is 2.27. The van der Waals surface area contributed by atoms with Crippen LogP contribution in [-0.2, 0) is 9.59 Å². The zero-order valence-corrected chi connectivity index (χ0v) is 13.9. The van der Waals surface area contributed by atoms with E-state index in [1.807, 2.05) is 36.0 Å². The quantitative estimate of drug-likeness (QED) is 0.561. The molecule has 4 nitrogen and oxygen atoms in total. The Balaban J connectivity index is 1.81. The molecule has 0 radical (unpaired) electrons. The van der Waals surface area contributed by atoms with Crippen LogP contribution in [0.3, 0.4) is 0 Å². The maximum Gasteiger partial charge on any atom is 0.251 e. The molecule has 2 amide bonds. The number of hydrogen-bond donors (Lipinski definition) is 0. The van der Waals surface area contributed by atoms with E-state index in [1.165, 1.54) is 4.90 Å². The van der Waals surface area contributed by atoms with Crippen LogP contribution in [0, 0.1) is 3.57 Å². The molecule has 2 saturated heterocycles. The van der Waals surface area contributed by atoms with Crippen LogP contribution in [0.2, 0.25) is 0 Å². The fraction of sp³-hybridized carbons (Fsp3) is 0.429. The van der Waals surface area contributed by atoms with Gasteiger partial charge in [0.2, 0.25) is 5.91 Å². The van der Waals surface area contributed by atoms with Gasteiger partial charge in [0.05, 0.1) is 18.2 Å². The summed E-state index contributed by atoms with van der Waals surface area (Å²) in [6, 6.07) is 7.25. The van der Waals surface area contributed by atoms with Gasteiger partial charge >= 0.3 is 0 Å².